The van der Waals surface area contributed by atoms with Crippen LogP contribution in [0.4, 0.5) is 0 Å². The summed E-state index contributed by atoms with van der Waals surface area (Å²) in [7, 11) is 0. The molecular formula is C13H26N4O. The van der Waals surface area contributed by atoms with Crippen LogP contribution < -0.4 is 5.32 Å². The second-order valence-corrected chi connectivity index (χ2v) is 4.47. The lowest BCUT2D eigenvalue weighted by molar-refractivity contribution is 0.146. The van der Waals surface area contributed by atoms with E-state index >= 15 is 0 Å². The van der Waals surface area contributed by atoms with Crippen LogP contribution in [-0.2, 0) is 6.54 Å². The van der Waals surface area contributed by atoms with E-state index in [1.165, 1.54) is 0 Å². The molecule has 0 aromatic carbocycles. The highest BCUT2D eigenvalue weighted by Crippen LogP contribution is 1.92. The first-order valence-corrected chi connectivity index (χ1v) is 6.84. The zero-order valence-electron chi connectivity index (χ0n) is 11.5. The van der Waals surface area contributed by atoms with Crippen molar-refractivity contribution in [1.82, 2.24) is 20.0 Å². The van der Waals surface area contributed by atoms with Gasteiger partial charge in [-0.1, -0.05) is 13.8 Å². The molecule has 1 aromatic heterocycles. The first kappa shape index (κ1) is 15.1. The molecule has 2 N–H and O–H groups in total. The van der Waals surface area contributed by atoms with Crippen molar-refractivity contribution in [1.29, 1.82) is 0 Å². The fourth-order valence-corrected chi connectivity index (χ4v) is 1.93. The molecule has 104 valence electrons. The van der Waals surface area contributed by atoms with Crippen molar-refractivity contribution in [2.75, 3.05) is 32.7 Å². The summed E-state index contributed by atoms with van der Waals surface area (Å²) in [5.74, 6) is 0. The third-order valence-electron chi connectivity index (χ3n) is 3.06. The van der Waals surface area contributed by atoms with Crippen LogP contribution in [0.3, 0.4) is 0 Å². The Morgan fingerprint density at radius 3 is 2.78 bits per heavy atom. The van der Waals surface area contributed by atoms with Gasteiger partial charge in [-0.2, -0.15) is 5.10 Å². The zero-order valence-corrected chi connectivity index (χ0v) is 11.5. The van der Waals surface area contributed by atoms with Gasteiger partial charge in [-0.05, 0) is 38.7 Å². The largest absolute Gasteiger partial charge is 0.390 e. The molecule has 1 unspecified atom stereocenters. The predicted octanol–water partition coefficient (Wildman–Crippen LogP) is 0.566. The van der Waals surface area contributed by atoms with Crippen molar-refractivity contribution in [2.45, 2.75) is 32.9 Å². The summed E-state index contributed by atoms with van der Waals surface area (Å²) in [5, 5.41) is 17.1. The molecule has 0 fully saturated rings. The highest BCUT2D eigenvalue weighted by atomic mass is 16.3. The number of nitrogens with zero attached hydrogens (tertiary/aromatic N) is 3. The fourth-order valence-electron chi connectivity index (χ4n) is 1.93. The minimum absolute atomic E-state index is 0.377. The Morgan fingerprint density at radius 1 is 1.39 bits per heavy atom. The molecule has 0 aliphatic rings. The summed E-state index contributed by atoms with van der Waals surface area (Å²) in [5.41, 5.74) is 0. The van der Waals surface area contributed by atoms with Gasteiger partial charge in [0.15, 0.2) is 0 Å². The molecule has 1 atom stereocenters. The number of aliphatic hydroxyl groups excluding tert-OH is 1. The lowest BCUT2D eigenvalue weighted by atomic mass is 10.3. The van der Waals surface area contributed by atoms with E-state index in [-0.39, 0.29) is 6.10 Å². The van der Waals surface area contributed by atoms with Crippen LogP contribution in [0.1, 0.15) is 20.3 Å². The Balaban J connectivity index is 2.00. The Bertz CT molecular complexity index is 285. The number of nitrogens with one attached hydrogen (secondary N) is 1. The normalized spacial score (nSPS) is 13.1. The van der Waals surface area contributed by atoms with Crippen LogP contribution in [-0.4, -0.2) is 58.6 Å². The molecule has 0 saturated carbocycles. The monoisotopic (exact) mass is 254 g/mol. The highest BCUT2D eigenvalue weighted by Gasteiger charge is 2.04. The number of aliphatic hydroxyl groups is 1. The smallest absolute Gasteiger partial charge is 0.0860 e. The van der Waals surface area contributed by atoms with Gasteiger partial charge in [-0.3, -0.25) is 4.68 Å². The van der Waals surface area contributed by atoms with E-state index < -0.39 is 0 Å². The van der Waals surface area contributed by atoms with Gasteiger partial charge in [0.1, 0.15) is 0 Å². The molecule has 5 heteroatoms. The quantitative estimate of drug-likeness (QED) is 0.599. The van der Waals surface area contributed by atoms with Crippen molar-refractivity contribution in [2.24, 2.45) is 0 Å². The standard InChI is InChI=1S/C13H26N4O/c1-3-16(4-2)9-5-7-14-11-13(18)12-17-10-6-8-15-17/h6,8,10,13-14,18H,3-5,7,9,11-12H2,1-2H3. The Kier molecular flexibility index (Phi) is 7.64. The van der Waals surface area contributed by atoms with E-state index in [1.54, 1.807) is 10.9 Å². The molecule has 1 aromatic rings. The van der Waals surface area contributed by atoms with E-state index in [9.17, 15) is 5.11 Å². The SMILES string of the molecule is CCN(CC)CCCNCC(O)Cn1cccn1. The minimum atomic E-state index is -0.377. The summed E-state index contributed by atoms with van der Waals surface area (Å²) in [6.45, 7) is 9.84. The summed E-state index contributed by atoms with van der Waals surface area (Å²) in [6, 6.07) is 1.87. The molecule has 0 aliphatic heterocycles. The predicted molar refractivity (Wildman–Crippen MR) is 73.5 cm³/mol. The van der Waals surface area contributed by atoms with Crippen LogP contribution in [0.5, 0.6) is 0 Å². The molecule has 0 saturated heterocycles. The molecule has 0 radical (unpaired) electrons. The Labute approximate surface area is 110 Å². The molecule has 18 heavy (non-hydrogen) atoms. The van der Waals surface area contributed by atoms with Crippen LogP contribution in [0, 0.1) is 0 Å². The molecule has 0 bridgehead atoms. The summed E-state index contributed by atoms with van der Waals surface area (Å²) < 4.78 is 1.75. The molecule has 5 nitrogen and oxygen atoms in total. The van der Waals surface area contributed by atoms with Gasteiger partial charge in [0.05, 0.1) is 12.6 Å². The summed E-state index contributed by atoms with van der Waals surface area (Å²) in [6.07, 6.45) is 4.34. The van der Waals surface area contributed by atoms with E-state index in [0.717, 1.165) is 32.6 Å². The van der Waals surface area contributed by atoms with E-state index in [1.807, 2.05) is 12.3 Å². The van der Waals surface area contributed by atoms with Crippen molar-refractivity contribution < 1.29 is 5.11 Å². The second-order valence-electron chi connectivity index (χ2n) is 4.47. The third kappa shape index (κ3) is 6.14. The number of hydrogen-bond donors (Lipinski definition) is 2. The fraction of sp³-hybridized carbons (Fsp3) is 0.769. The van der Waals surface area contributed by atoms with Crippen LogP contribution in [0.2, 0.25) is 0 Å². The van der Waals surface area contributed by atoms with Gasteiger partial charge in [0.2, 0.25) is 0 Å². The maximum atomic E-state index is 9.79. The van der Waals surface area contributed by atoms with Gasteiger partial charge in [-0.15, -0.1) is 0 Å². The third-order valence-corrected chi connectivity index (χ3v) is 3.06. The minimum Gasteiger partial charge on any atom is -0.390 e. The van der Waals surface area contributed by atoms with Crippen molar-refractivity contribution in [3.63, 3.8) is 0 Å². The molecular weight excluding hydrogens is 228 g/mol. The maximum Gasteiger partial charge on any atom is 0.0860 e. The maximum absolute atomic E-state index is 9.79. The average Bonchev–Trinajstić information content (AvgIpc) is 2.86. The molecule has 0 spiro atoms. The lowest BCUT2D eigenvalue weighted by Gasteiger charge is -2.18. The zero-order chi connectivity index (χ0) is 13.2. The van der Waals surface area contributed by atoms with Crippen molar-refractivity contribution in [3.8, 4) is 0 Å². The van der Waals surface area contributed by atoms with Crippen LogP contribution in [0.25, 0.3) is 0 Å². The Hall–Kier alpha value is -0.910. The first-order valence-electron chi connectivity index (χ1n) is 6.84. The summed E-state index contributed by atoms with van der Waals surface area (Å²) in [4.78, 5) is 2.40. The van der Waals surface area contributed by atoms with Crippen molar-refractivity contribution >= 4 is 0 Å². The molecule has 1 rings (SSSR count). The highest BCUT2D eigenvalue weighted by molar-refractivity contribution is 4.78. The van der Waals surface area contributed by atoms with Gasteiger partial charge >= 0.3 is 0 Å². The van der Waals surface area contributed by atoms with Gasteiger partial charge in [0.25, 0.3) is 0 Å². The van der Waals surface area contributed by atoms with E-state index in [4.69, 9.17) is 0 Å². The van der Waals surface area contributed by atoms with Crippen LogP contribution in [0.15, 0.2) is 18.5 Å². The number of aromatic nitrogens is 2. The summed E-state index contributed by atoms with van der Waals surface area (Å²) >= 11 is 0. The average molecular weight is 254 g/mol. The van der Waals surface area contributed by atoms with Gasteiger partial charge in [-0.25, -0.2) is 0 Å². The van der Waals surface area contributed by atoms with Gasteiger partial charge in [0, 0.05) is 18.9 Å². The van der Waals surface area contributed by atoms with Crippen molar-refractivity contribution in [3.05, 3.63) is 18.5 Å². The second kappa shape index (κ2) is 9.08. The van der Waals surface area contributed by atoms with Gasteiger partial charge < -0.3 is 15.3 Å². The molecule has 0 amide bonds. The molecule has 0 aliphatic carbocycles. The number of rotatable bonds is 10. The van der Waals surface area contributed by atoms with E-state index in [0.29, 0.717) is 13.1 Å². The first-order chi connectivity index (χ1) is 8.76. The Morgan fingerprint density at radius 2 is 2.17 bits per heavy atom. The lowest BCUT2D eigenvalue weighted by Crippen LogP contribution is -2.33. The molecule has 1 heterocycles. The number of hydrogen-bond acceptors (Lipinski definition) is 4. The topological polar surface area (TPSA) is 53.3 Å². The van der Waals surface area contributed by atoms with E-state index in [2.05, 4.69) is 29.2 Å². The van der Waals surface area contributed by atoms with Crippen LogP contribution >= 0.6 is 0 Å².